The van der Waals surface area contributed by atoms with Gasteiger partial charge in [0.15, 0.2) is 0 Å². The van der Waals surface area contributed by atoms with E-state index in [0.29, 0.717) is 13.1 Å². The predicted octanol–water partition coefficient (Wildman–Crippen LogP) is 0.00250. The lowest BCUT2D eigenvalue weighted by Gasteiger charge is -2.24. The van der Waals surface area contributed by atoms with Crippen molar-refractivity contribution in [2.24, 2.45) is 11.7 Å². The molecule has 4 N–H and O–H groups in total. The minimum atomic E-state index is -0.192. The first-order chi connectivity index (χ1) is 6.74. The van der Waals surface area contributed by atoms with Gasteiger partial charge in [0.05, 0.1) is 6.10 Å². The predicted molar refractivity (Wildman–Crippen MR) is 54.6 cm³/mol. The van der Waals surface area contributed by atoms with E-state index in [2.05, 4.69) is 5.32 Å². The van der Waals surface area contributed by atoms with Crippen molar-refractivity contribution < 1.29 is 9.90 Å². The van der Waals surface area contributed by atoms with Crippen molar-refractivity contribution in [1.29, 1.82) is 0 Å². The summed E-state index contributed by atoms with van der Waals surface area (Å²) in [6.45, 7) is 1.29. The molecule has 1 aliphatic carbocycles. The molecule has 0 bridgehead atoms. The van der Waals surface area contributed by atoms with Crippen LogP contribution in [0.1, 0.15) is 32.1 Å². The third-order valence-corrected chi connectivity index (χ3v) is 2.75. The number of aliphatic hydroxyl groups excluding tert-OH is 1. The third-order valence-electron chi connectivity index (χ3n) is 2.75. The van der Waals surface area contributed by atoms with Crippen LogP contribution in [0.15, 0.2) is 0 Å². The fraction of sp³-hybridized carbons (Fsp3) is 0.900. The zero-order chi connectivity index (χ0) is 10.4. The standard InChI is InChI=1S/C10H20N2O2/c11-6-1-7-12-10(14)8-2-4-9(13)5-3-8/h8-9,13H,1-7,11H2,(H,12,14)/t8-,9-. The Balaban J connectivity index is 2.17. The molecule has 0 aromatic rings. The monoisotopic (exact) mass is 200 g/mol. The second-order valence-electron chi connectivity index (χ2n) is 3.94. The summed E-state index contributed by atoms with van der Waals surface area (Å²) in [5, 5.41) is 12.1. The van der Waals surface area contributed by atoms with Crippen LogP contribution in [0.25, 0.3) is 0 Å². The van der Waals surface area contributed by atoms with Gasteiger partial charge < -0.3 is 16.2 Å². The van der Waals surface area contributed by atoms with Crippen molar-refractivity contribution >= 4 is 5.91 Å². The van der Waals surface area contributed by atoms with Crippen molar-refractivity contribution in [1.82, 2.24) is 5.32 Å². The summed E-state index contributed by atoms with van der Waals surface area (Å²) in [6, 6.07) is 0. The number of nitrogens with one attached hydrogen (secondary N) is 1. The maximum Gasteiger partial charge on any atom is 0.223 e. The van der Waals surface area contributed by atoms with Crippen LogP contribution in [0.3, 0.4) is 0 Å². The molecule has 82 valence electrons. The van der Waals surface area contributed by atoms with Gasteiger partial charge in [-0.15, -0.1) is 0 Å². The van der Waals surface area contributed by atoms with E-state index in [4.69, 9.17) is 5.73 Å². The fourth-order valence-electron chi connectivity index (χ4n) is 1.80. The lowest BCUT2D eigenvalue weighted by Crippen LogP contribution is -2.35. The average Bonchev–Trinajstić information content (AvgIpc) is 2.19. The molecule has 0 heterocycles. The molecule has 1 amide bonds. The second kappa shape index (κ2) is 5.98. The molecular formula is C10H20N2O2. The molecule has 0 radical (unpaired) electrons. The molecule has 4 nitrogen and oxygen atoms in total. The summed E-state index contributed by atoms with van der Waals surface area (Å²) in [4.78, 5) is 11.5. The molecule has 1 saturated carbocycles. The molecule has 0 saturated heterocycles. The molecule has 14 heavy (non-hydrogen) atoms. The summed E-state index contributed by atoms with van der Waals surface area (Å²) < 4.78 is 0. The van der Waals surface area contributed by atoms with E-state index in [1.807, 2.05) is 0 Å². The highest BCUT2D eigenvalue weighted by atomic mass is 16.3. The van der Waals surface area contributed by atoms with Crippen LogP contribution in [0.4, 0.5) is 0 Å². The third kappa shape index (κ3) is 3.64. The Hall–Kier alpha value is -0.610. The van der Waals surface area contributed by atoms with E-state index in [1.54, 1.807) is 0 Å². The van der Waals surface area contributed by atoms with Gasteiger partial charge in [-0.05, 0) is 38.6 Å². The van der Waals surface area contributed by atoms with Gasteiger partial charge in [0.25, 0.3) is 0 Å². The SMILES string of the molecule is NCCCNC(=O)[C@H]1CC[C@H](O)CC1. The molecule has 1 aliphatic rings. The molecule has 1 rings (SSSR count). The maximum absolute atomic E-state index is 11.5. The van der Waals surface area contributed by atoms with E-state index in [0.717, 1.165) is 32.1 Å². The summed E-state index contributed by atoms with van der Waals surface area (Å²) in [5.41, 5.74) is 5.33. The highest BCUT2D eigenvalue weighted by molar-refractivity contribution is 5.78. The molecule has 0 unspecified atom stereocenters. The molecular weight excluding hydrogens is 180 g/mol. The first kappa shape index (κ1) is 11.5. The number of hydrogen-bond acceptors (Lipinski definition) is 3. The van der Waals surface area contributed by atoms with Crippen molar-refractivity contribution in [2.75, 3.05) is 13.1 Å². The van der Waals surface area contributed by atoms with Gasteiger partial charge in [0.1, 0.15) is 0 Å². The fourth-order valence-corrected chi connectivity index (χ4v) is 1.80. The van der Waals surface area contributed by atoms with Crippen molar-refractivity contribution in [2.45, 2.75) is 38.2 Å². The van der Waals surface area contributed by atoms with Crippen LogP contribution in [0, 0.1) is 5.92 Å². The minimum Gasteiger partial charge on any atom is -0.393 e. The van der Waals surface area contributed by atoms with E-state index in [-0.39, 0.29) is 17.9 Å². The first-order valence-electron chi connectivity index (χ1n) is 5.40. The van der Waals surface area contributed by atoms with Gasteiger partial charge in [-0.2, -0.15) is 0 Å². The first-order valence-corrected chi connectivity index (χ1v) is 5.40. The van der Waals surface area contributed by atoms with Crippen molar-refractivity contribution in [3.63, 3.8) is 0 Å². The second-order valence-corrected chi connectivity index (χ2v) is 3.94. The number of nitrogens with two attached hydrogens (primary N) is 1. The topological polar surface area (TPSA) is 75.3 Å². The van der Waals surface area contributed by atoms with Gasteiger partial charge >= 0.3 is 0 Å². The number of amides is 1. The molecule has 0 aromatic heterocycles. The molecule has 0 spiro atoms. The van der Waals surface area contributed by atoms with E-state index < -0.39 is 0 Å². The van der Waals surface area contributed by atoms with Crippen LogP contribution in [-0.2, 0) is 4.79 Å². The van der Waals surface area contributed by atoms with Crippen LogP contribution in [0.2, 0.25) is 0 Å². The smallest absolute Gasteiger partial charge is 0.223 e. The molecule has 0 aromatic carbocycles. The number of hydrogen-bond donors (Lipinski definition) is 3. The highest BCUT2D eigenvalue weighted by Gasteiger charge is 2.24. The van der Waals surface area contributed by atoms with Gasteiger partial charge in [-0.25, -0.2) is 0 Å². The van der Waals surface area contributed by atoms with Crippen LogP contribution in [-0.4, -0.2) is 30.2 Å². The van der Waals surface area contributed by atoms with Crippen molar-refractivity contribution in [3.8, 4) is 0 Å². The van der Waals surface area contributed by atoms with Gasteiger partial charge in [0.2, 0.25) is 5.91 Å². The quantitative estimate of drug-likeness (QED) is 0.559. The normalized spacial score (nSPS) is 27.3. The molecule has 0 atom stereocenters. The maximum atomic E-state index is 11.5. The van der Waals surface area contributed by atoms with Crippen LogP contribution < -0.4 is 11.1 Å². The van der Waals surface area contributed by atoms with Crippen molar-refractivity contribution in [3.05, 3.63) is 0 Å². The molecule has 4 heteroatoms. The number of aliphatic hydroxyl groups is 1. The average molecular weight is 200 g/mol. The highest BCUT2D eigenvalue weighted by Crippen LogP contribution is 2.23. The summed E-state index contributed by atoms with van der Waals surface area (Å²) in [7, 11) is 0. The van der Waals surface area contributed by atoms with Gasteiger partial charge in [-0.3, -0.25) is 4.79 Å². The largest absolute Gasteiger partial charge is 0.393 e. The minimum absolute atomic E-state index is 0.108. The van der Waals surface area contributed by atoms with E-state index in [1.165, 1.54) is 0 Å². The number of carbonyl (C=O) groups excluding carboxylic acids is 1. The number of rotatable bonds is 4. The van der Waals surface area contributed by atoms with Gasteiger partial charge in [-0.1, -0.05) is 0 Å². The Morgan fingerprint density at radius 1 is 1.36 bits per heavy atom. The Morgan fingerprint density at radius 3 is 2.57 bits per heavy atom. The molecule has 0 aliphatic heterocycles. The lowest BCUT2D eigenvalue weighted by molar-refractivity contribution is -0.126. The summed E-state index contributed by atoms with van der Waals surface area (Å²) in [5.74, 6) is 0.238. The zero-order valence-corrected chi connectivity index (χ0v) is 8.54. The van der Waals surface area contributed by atoms with E-state index in [9.17, 15) is 9.90 Å². The van der Waals surface area contributed by atoms with Crippen LogP contribution >= 0.6 is 0 Å². The Bertz CT molecular complexity index is 177. The lowest BCUT2D eigenvalue weighted by atomic mass is 9.87. The zero-order valence-electron chi connectivity index (χ0n) is 8.54. The molecule has 1 fully saturated rings. The Morgan fingerprint density at radius 2 is 2.00 bits per heavy atom. The Kier molecular flexibility index (Phi) is 4.90. The Labute approximate surface area is 84.9 Å². The van der Waals surface area contributed by atoms with Crippen LogP contribution in [0.5, 0.6) is 0 Å². The summed E-state index contributed by atoms with van der Waals surface area (Å²) in [6.07, 6.45) is 3.79. The summed E-state index contributed by atoms with van der Waals surface area (Å²) >= 11 is 0. The van der Waals surface area contributed by atoms with Gasteiger partial charge in [0, 0.05) is 12.5 Å². The number of carbonyl (C=O) groups is 1. The van der Waals surface area contributed by atoms with E-state index >= 15 is 0 Å².